The van der Waals surface area contributed by atoms with Crippen molar-refractivity contribution in [3.8, 4) is 6.07 Å². The standard InChI is InChI=1S/C15H11F3N2/c16-12-4-1-10(2-5-12)7-8-20-13-6-3-11(9-19)14(17)15(13)18/h1-6,20H,7-8H2. The van der Waals surface area contributed by atoms with E-state index in [1.165, 1.54) is 24.3 Å². The maximum Gasteiger partial charge on any atom is 0.183 e. The minimum absolute atomic E-state index is 0.00334. The summed E-state index contributed by atoms with van der Waals surface area (Å²) in [5.74, 6) is -2.54. The molecule has 2 nitrogen and oxygen atoms in total. The molecule has 20 heavy (non-hydrogen) atoms. The molecule has 102 valence electrons. The molecule has 0 unspecified atom stereocenters. The highest BCUT2D eigenvalue weighted by Gasteiger charge is 2.12. The van der Waals surface area contributed by atoms with Crippen LogP contribution >= 0.6 is 0 Å². The average Bonchev–Trinajstić information content (AvgIpc) is 2.46. The summed E-state index contributed by atoms with van der Waals surface area (Å²) >= 11 is 0. The molecule has 0 atom stereocenters. The Hall–Kier alpha value is -2.48. The smallest absolute Gasteiger partial charge is 0.183 e. The lowest BCUT2D eigenvalue weighted by Gasteiger charge is -2.08. The molecule has 5 heteroatoms. The number of nitrogens with one attached hydrogen (secondary N) is 1. The van der Waals surface area contributed by atoms with E-state index in [0.29, 0.717) is 13.0 Å². The number of nitrogens with zero attached hydrogens (tertiary/aromatic N) is 1. The number of hydrogen-bond acceptors (Lipinski definition) is 2. The normalized spacial score (nSPS) is 10.1. The van der Waals surface area contributed by atoms with E-state index >= 15 is 0 Å². The average molecular weight is 276 g/mol. The molecule has 0 bridgehead atoms. The Labute approximate surface area is 114 Å². The van der Waals surface area contributed by atoms with Crippen molar-refractivity contribution < 1.29 is 13.2 Å². The van der Waals surface area contributed by atoms with E-state index in [9.17, 15) is 13.2 Å². The number of benzene rings is 2. The Kier molecular flexibility index (Phi) is 4.26. The minimum Gasteiger partial charge on any atom is -0.382 e. The molecule has 2 aromatic carbocycles. The summed E-state index contributed by atoms with van der Waals surface area (Å²) in [5.41, 5.74) is 0.559. The largest absolute Gasteiger partial charge is 0.382 e. The van der Waals surface area contributed by atoms with Crippen LogP contribution in [0.1, 0.15) is 11.1 Å². The van der Waals surface area contributed by atoms with Gasteiger partial charge in [-0.3, -0.25) is 0 Å². The lowest BCUT2D eigenvalue weighted by Crippen LogP contribution is -2.07. The van der Waals surface area contributed by atoms with Gasteiger partial charge >= 0.3 is 0 Å². The number of hydrogen-bond donors (Lipinski definition) is 1. The fourth-order valence-corrected chi connectivity index (χ4v) is 1.76. The zero-order chi connectivity index (χ0) is 14.5. The van der Waals surface area contributed by atoms with Gasteiger partial charge in [0.05, 0.1) is 11.3 Å². The Morgan fingerprint density at radius 1 is 0.950 bits per heavy atom. The summed E-state index contributed by atoms with van der Waals surface area (Å²) < 4.78 is 39.7. The van der Waals surface area contributed by atoms with Crippen molar-refractivity contribution in [1.29, 1.82) is 5.26 Å². The summed E-state index contributed by atoms with van der Waals surface area (Å²) in [7, 11) is 0. The molecule has 0 amide bonds. The van der Waals surface area contributed by atoms with Crippen LogP contribution in [-0.2, 0) is 6.42 Å². The van der Waals surface area contributed by atoms with Crippen LogP contribution in [0.5, 0.6) is 0 Å². The van der Waals surface area contributed by atoms with Crippen LogP contribution in [0.25, 0.3) is 0 Å². The third kappa shape index (κ3) is 3.09. The zero-order valence-electron chi connectivity index (χ0n) is 10.5. The molecule has 2 aromatic rings. The van der Waals surface area contributed by atoms with Crippen LogP contribution in [0.15, 0.2) is 36.4 Å². The summed E-state index contributed by atoms with van der Waals surface area (Å²) in [5, 5.41) is 11.3. The predicted molar refractivity (Wildman–Crippen MR) is 69.7 cm³/mol. The van der Waals surface area contributed by atoms with E-state index in [1.807, 2.05) is 0 Å². The monoisotopic (exact) mass is 276 g/mol. The van der Waals surface area contributed by atoms with E-state index in [2.05, 4.69) is 5.32 Å². The van der Waals surface area contributed by atoms with E-state index in [4.69, 9.17) is 5.26 Å². The van der Waals surface area contributed by atoms with Gasteiger partial charge in [0.2, 0.25) is 0 Å². The van der Waals surface area contributed by atoms with Gasteiger partial charge in [0.25, 0.3) is 0 Å². The maximum atomic E-state index is 13.6. The fourth-order valence-electron chi connectivity index (χ4n) is 1.76. The van der Waals surface area contributed by atoms with E-state index in [-0.39, 0.29) is 17.1 Å². The topological polar surface area (TPSA) is 35.8 Å². The van der Waals surface area contributed by atoms with Crippen molar-refractivity contribution >= 4 is 5.69 Å². The Balaban J connectivity index is 2.00. The molecule has 0 aromatic heterocycles. The molecule has 0 aliphatic rings. The molecule has 1 N–H and O–H groups in total. The Bertz CT molecular complexity index is 645. The molecule has 2 rings (SSSR count). The summed E-state index contributed by atoms with van der Waals surface area (Å²) in [6, 6.07) is 10.1. The van der Waals surface area contributed by atoms with Gasteiger partial charge in [0, 0.05) is 6.54 Å². The molecular weight excluding hydrogens is 265 g/mol. The van der Waals surface area contributed by atoms with Crippen LogP contribution in [0.4, 0.5) is 18.9 Å². The summed E-state index contributed by atoms with van der Waals surface area (Å²) in [4.78, 5) is 0. The van der Waals surface area contributed by atoms with Crippen molar-refractivity contribution in [2.24, 2.45) is 0 Å². The van der Waals surface area contributed by atoms with Gasteiger partial charge in [-0.05, 0) is 36.2 Å². The SMILES string of the molecule is N#Cc1ccc(NCCc2ccc(F)cc2)c(F)c1F. The minimum atomic E-state index is -1.15. The van der Waals surface area contributed by atoms with Gasteiger partial charge in [0.1, 0.15) is 11.9 Å². The highest BCUT2D eigenvalue weighted by molar-refractivity contribution is 5.49. The highest BCUT2D eigenvalue weighted by atomic mass is 19.2. The zero-order valence-corrected chi connectivity index (χ0v) is 10.5. The molecule has 0 aliphatic carbocycles. The lowest BCUT2D eigenvalue weighted by molar-refractivity contribution is 0.508. The molecule has 0 radical (unpaired) electrons. The van der Waals surface area contributed by atoms with Gasteiger partial charge < -0.3 is 5.32 Å². The van der Waals surface area contributed by atoms with Gasteiger partial charge in [-0.1, -0.05) is 12.1 Å². The second kappa shape index (κ2) is 6.11. The van der Waals surface area contributed by atoms with Crippen molar-refractivity contribution in [1.82, 2.24) is 0 Å². The molecular formula is C15H11F3N2. The first-order valence-electron chi connectivity index (χ1n) is 5.98. The first kappa shape index (κ1) is 13.9. The molecule has 0 fully saturated rings. The number of anilines is 1. The molecule has 0 spiro atoms. The van der Waals surface area contributed by atoms with Crippen molar-refractivity contribution in [3.63, 3.8) is 0 Å². The first-order valence-corrected chi connectivity index (χ1v) is 5.98. The third-order valence-corrected chi connectivity index (χ3v) is 2.85. The molecule has 0 aliphatic heterocycles. The summed E-state index contributed by atoms with van der Waals surface area (Å²) in [6.07, 6.45) is 0.543. The van der Waals surface area contributed by atoms with E-state index in [0.717, 1.165) is 5.56 Å². The van der Waals surface area contributed by atoms with Gasteiger partial charge in [-0.2, -0.15) is 5.26 Å². The Morgan fingerprint density at radius 3 is 2.30 bits per heavy atom. The molecule has 0 saturated heterocycles. The quantitative estimate of drug-likeness (QED) is 0.925. The van der Waals surface area contributed by atoms with E-state index < -0.39 is 11.6 Å². The van der Waals surface area contributed by atoms with Crippen LogP contribution in [0, 0.1) is 28.8 Å². The number of halogens is 3. The van der Waals surface area contributed by atoms with Crippen LogP contribution < -0.4 is 5.32 Å². The van der Waals surface area contributed by atoms with Crippen molar-refractivity contribution in [2.45, 2.75) is 6.42 Å². The van der Waals surface area contributed by atoms with Crippen LogP contribution in [0.2, 0.25) is 0 Å². The van der Waals surface area contributed by atoms with Gasteiger partial charge in [0.15, 0.2) is 11.6 Å². The van der Waals surface area contributed by atoms with Crippen molar-refractivity contribution in [2.75, 3.05) is 11.9 Å². The van der Waals surface area contributed by atoms with E-state index in [1.54, 1.807) is 18.2 Å². The Morgan fingerprint density at radius 2 is 1.65 bits per heavy atom. The molecule has 0 saturated carbocycles. The van der Waals surface area contributed by atoms with Crippen LogP contribution in [0.3, 0.4) is 0 Å². The van der Waals surface area contributed by atoms with Crippen molar-refractivity contribution in [3.05, 3.63) is 65.0 Å². The number of rotatable bonds is 4. The predicted octanol–water partition coefficient (Wildman–Crippen LogP) is 3.63. The maximum absolute atomic E-state index is 13.6. The number of nitriles is 1. The third-order valence-electron chi connectivity index (χ3n) is 2.85. The van der Waals surface area contributed by atoms with Crippen LogP contribution in [-0.4, -0.2) is 6.54 Å². The first-order chi connectivity index (χ1) is 9.61. The van der Waals surface area contributed by atoms with Gasteiger partial charge in [-0.25, -0.2) is 13.2 Å². The highest BCUT2D eigenvalue weighted by Crippen LogP contribution is 2.20. The van der Waals surface area contributed by atoms with Gasteiger partial charge in [-0.15, -0.1) is 0 Å². The summed E-state index contributed by atoms with van der Waals surface area (Å²) in [6.45, 7) is 0.369. The lowest BCUT2D eigenvalue weighted by atomic mass is 10.1. The second-order valence-electron chi connectivity index (χ2n) is 4.20. The molecule has 0 heterocycles. The fraction of sp³-hybridized carbons (Fsp3) is 0.133. The second-order valence-corrected chi connectivity index (χ2v) is 4.20.